The van der Waals surface area contributed by atoms with Crippen molar-refractivity contribution in [3.8, 4) is 11.5 Å². The summed E-state index contributed by atoms with van der Waals surface area (Å²) in [6.45, 7) is 0.479. The average Bonchev–Trinajstić information content (AvgIpc) is 2.51. The van der Waals surface area contributed by atoms with Crippen LogP contribution in [0.5, 0.6) is 11.5 Å². The number of fused-ring (bicyclic) bond motifs is 1. The van der Waals surface area contributed by atoms with E-state index in [4.69, 9.17) is 9.47 Å². The molecule has 1 aliphatic rings. The minimum absolute atomic E-state index is 0.100. The van der Waals surface area contributed by atoms with E-state index in [9.17, 15) is 4.79 Å². The fraction of sp³-hybridized carbons (Fsp3) is 0.188. The van der Waals surface area contributed by atoms with E-state index in [1.807, 2.05) is 42.5 Å². The number of hydrogen-bond acceptors (Lipinski definition) is 3. The van der Waals surface area contributed by atoms with Crippen molar-refractivity contribution >= 4 is 37.8 Å². The van der Waals surface area contributed by atoms with Crippen LogP contribution in [0.4, 0.5) is 0 Å². The third-order valence-corrected chi connectivity index (χ3v) is 5.86. The van der Waals surface area contributed by atoms with E-state index in [0.717, 1.165) is 11.1 Å². The summed E-state index contributed by atoms with van der Waals surface area (Å²) in [6, 6.07) is 15.5. The maximum atomic E-state index is 11.7. The Bertz CT molecular complexity index is 658. The minimum atomic E-state index is -0.374. The molecule has 2 atom stereocenters. The fourth-order valence-corrected chi connectivity index (χ4v) is 3.08. The van der Waals surface area contributed by atoms with E-state index < -0.39 is 0 Å². The van der Waals surface area contributed by atoms with Gasteiger partial charge in [-0.3, -0.25) is 4.79 Å². The monoisotopic (exact) mass is 410 g/mol. The highest BCUT2D eigenvalue weighted by Gasteiger charge is 2.34. The summed E-state index contributed by atoms with van der Waals surface area (Å²) in [5.74, 6) is 0.922. The number of benzene rings is 2. The Labute approximate surface area is 139 Å². The number of halogens is 2. The van der Waals surface area contributed by atoms with Crippen LogP contribution in [0.2, 0.25) is 0 Å². The predicted octanol–water partition coefficient (Wildman–Crippen LogP) is 4.38. The molecule has 0 fully saturated rings. The number of rotatable bonds is 3. The molecule has 2 aromatic rings. The lowest BCUT2D eigenvalue weighted by Crippen LogP contribution is -2.29. The van der Waals surface area contributed by atoms with E-state index >= 15 is 0 Å². The lowest BCUT2D eigenvalue weighted by molar-refractivity contribution is -0.134. The highest BCUT2D eigenvalue weighted by Crippen LogP contribution is 2.42. The molecule has 0 amide bonds. The van der Waals surface area contributed by atoms with Crippen molar-refractivity contribution in [2.24, 2.45) is 0 Å². The molecule has 0 saturated heterocycles. The molecule has 0 aliphatic carbocycles. The highest BCUT2D eigenvalue weighted by molar-refractivity contribution is 9.12. The Balaban J connectivity index is 1.77. The molecule has 3 nitrogen and oxygen atoms in total. The van der Waals surface area contributed by atoms with Gasteiger partial charge in [0.2, 0.25) is 0 Å². The first-order valence-electron chi connectivity index (χ1n) is 6.45. The summed E-state index contributed by atoms with van der Waals surface area (Å²) >= 11 is 6.82. The van der Waals surface area contributed by atoms with Crippen LogP contribution >= 0.6 is 31.9 Å². The van der Waals surface area contributed by atoms with Gasteiger partial charge in [-0.05, 0) is 11.6 Å². The maximum Gasteiger partial charge on any atom is 0.326 e. The Morgan fingerprint density at radius 2 is 1.81 bits per heavy atom. The zero-order valence-electron chi connectivity index (χ0n) is 11.0. The Kier molecular flexibility index (Phi) is 4.31. The van der Waals surface area contributed by atoms with Crippen LogP contribution in [-0.4, -0.2) is 10.8 Å². The summed E-state index contributed by atoms with van der Waals surface area (Å²) in [5, 5.41) is 0. The number of alkyl halides is 2. The molecule has 108 valence electrons. The molecule has 5 heteroatoms. The van der Waals surface area contributed by atoms with E-state index in [0.29, 0.717) is 18.1 Å². The van der Waals surface area contributed by atoms with E-state index in [1.165, 1.54) is 0 Å². The lowest BCUT2D eigenvalue weighted by atomic mass is 10.1. The molecule has 2 aromatic carbocycles. The number of carbonyl (C=O) groups is 1. The molecular formula is C16H12Br2O3. The molecule has 0 spiro atoms. The van der Waals surface area contributed by atoms with Gasteiger partial charge in [-0.2, -0.15) is 0 Å². The SMILES string of the molecule is O=C1Oc2cc(OCc3ccccc3)ccc2C(Br)C1Br. The van der Waals surface area contributed by atoms with Gasteiger partial charge in [0.1, 0.15) is 22.9 Å². The predicted molar refractivity (Wildman–Crippen MR) is 87.2 cm³/mol. The third-order valence-electron chi connectivity index (χ3n) is 3.22. The van der Waals surface area contributed by atoms with Crippen molar-refractivity contribution in [1.29, 1.82) is 0 Å². The van der Waals surface area contributed by atoms with Crippen LogP contribution in [0.1, 0.15) is 16.0 Å². The topological polar surface area (TPSA) is 35.5 Å². The molecule has 2 unspecified atom stereocenters. The standard InChI is InChI=1S/C16H12Br2O3/c17-14-12-7-6-11(8-13(12)21-16(19)15(14)18)20-9-10-4-2-1-3-5-10/h1-8,14-15H,9H2. The molecular weight excluding hydrogens is 400 g/mol. The lowest BCUT2D eigenvalue weighted by Gasteiger charge is -2.24. The van der Waals surface area contributed by atoms with Crippen LogP contribution in [0.3, 0.4) is 0 Å². The van der Waals surface area contributed by atoms with Gasteiger partial charge in [0.15, 0.2) is 0 Å². The molecule has 1 aliphatic heterocycles. The molecule has 0 saturated carbocycles. The summed E-state index contributed by atoms with van der Waals surface area (Å²) in [6.07, 6.45) is 0. The number of hydrogen-bond donors (Lipinski definition) is 0. The molecule has 1 heterocycles. The molecule has 0 N–H and O–H groups in total. The first-order valence-corrected chi connectivity index (χ1v) is 8.29. The zero-order valence-corrected chi connectivity index (χ0v) is 14.1. The maximum absolute atomic E-state index is 11.7. The van der Waals surface area contributed by atoms with Crippen molar-refractivity contribution in [3.05, 3.63) is 59.7 Å². The Morgan fingerprint density at radius 3 is 2.57 bits per heavy atom. The number of ether oxygens (including phenoxy) is 2. The molecule has 21 heavy (non-hydrogen) atoms. The van der Waals surface area contributed by atoms with Crippen molar-refractivity contribution < 1.29 is 14.3 Å². The summed E-state index contributed by atoms with van der Waals surface area (Å²) in [5.41, 5.74) is 2.02. The largest absolute Gasteiger partial charge is 0.489 e. The van der Waals surface area contributed by atoms with E-state index in [-0.39, 0.29) is 15.6 Å². The third kappa shape index (κ3) is 3.14. The smallest absolute Gasteiger partial charge is 0.326 e. The normalized spacial score (nSPS) is 20.6. The molecule has 0 radical (unpaired) electrons. The first kappa shape index (κ1) is 14.6. The molecule has 0 bridgehead atoms. The van der Waals surface area contributed by atoms with Crippen LogP contribution in [0.15, 0.2) is 48.5 Å². The van der Waals surface area contributed by atoms with Crippen molar-refractivity contribution in [2.75, 3.05) is 0 Å². The second-order valence-electron chi connectivity index (χ2n) is 4.70. The van der Waals surface area contributed by atoms with Gasteiger partial charge in [0, 0.05) is 11.6 Å². The second-order valence-corrected chi connectivity index (χ2v) is 6.67. The van der Waals surface area contributed by atoms with Gasteiger partial charge in [-0.15, -0.1) is 0 Å². The molecule has 0 aromatic heterocycles. The van der Waals surface area contributed by atoms with Gasteiger partial charge >= 0.3 is 5.97 Å². The van der Waals surface area contributed by atoms with Gasteiger partial charge in [-0.25, -0.2) is 0 Å². The van der Waals surface area contributed by atoms with Gasteiger partial charge in [0.05, 0.1) is 4.83 Å². The number of carbonyl (C=O) groups excluding carboxylic acids is 1. The minimum Gasteiger partial charge on any atom is -0.489 e. The second kappa shape index (κ2) is 6.20. The quantitative estimate of drug-likeness (QED) is 0.427. The van der Waals surface area contributed by atoms with Crippen LogP contribution in [0.25, 0.3) is 0 Å². The summed E-state index contributed by atoms with van der Waals surface area (Å²) in [4.78, 5) is 11.2. The summed E-state index contributed by atoms with van der Waals surface area (Å²) < 4.78 is 11.0. The zero-order chi connectivity index (χ0) is 14.8. The molecule has 3 rings (SSSR count). The van der Waals surface area contributed by atoms with Crippen LogP contribution in [-0.2, 0) is 11.4 Å². The van der Waals surface area contributed by atoms with Crippen LogP contribution < -0.4 is 9.47 Å². The number of esters is 1. The Morgan fingerprint density at radius 1 is 1.05 bits per heavy atom. The van der Waals surface area contributed by atoms with E-state index in [2.05, 4.69) is 31.9 Å². The van der Waals surface area contributed by atoms with Gasteiger partial charge < -0.3 is 9.47 Å². The van der Waals surface area contributed by atoms with Gasteiger partial charge in [-0.1, -0.05) is 68.3 Å². The first-order chi connectivity index (χ1) is 10.1. The summed E-state index contributed by atoms with van der Waals surface area (Å²) in [7, 11) is 0. The fourth-order valence-electron chi connectivity index (χ4n) is 2.10. The van der Waals surface area contributed by atoms with Crippen molar-refractivity contribution in [1.82, 2.24) is 0 Å². The van der Waals surface area contributed by atoms with Gasteiger partial charge in [0.25, 0.3) is 0 Å². The van der Waals surface area contributed by atoms with Crippen LogP contribution in [0, 0.1) is 0 Å². The average molecular weight is 412 g/mol. The highest BCUT2D eigenvalue weighted by atomic mass is 79.9. The Hall–Kier alpha value is -1.33. The van der Waals surface area contributed by atoms with Crippen molar-refractivity contribution in [2.45, 2.75) is 16.3 Å². The van der Waals surface area contributed by atoms with Crippen molar-refractivity contribution in [3.63, 3.8) is 0 Å². The van der Waals surface area contributed by atoms with E-state index in [1.54, 1.807) is 6.07 Å².